The van der Waals surface area contributed by atoms with Crippen molar-refractivity contribution in [2.24, 2.45) is 0 Å². The van der Waals surface area contributed by atoms with Crippen LogP contribution in [0.1, 0.15) is 35.1 Å². The lowest BCUT2D eigenvalue weighted by molar-refractivity contribution is -0.157. The fraction of sp³-hybridized carbons (Fsp3) is 0.435. The van der Waals surface area contributed by atoms with Gasteiger partial charge in [0.2, 0.25) is 0 Å². The summed E-state index contributed by atoms with van der Waals surface area (Å²) in [6, 6.07) is 12.6. The zero-order valence-corrected chi connectivity index (χ0v) is 16.7. The fourth-order valence-corrected chi connectivity index (χ4v) is 3.78. The topological polar surface area (TPSA) is 52.6 Å². The van der Waals surface area contributed by atoms with Crippen LogP contribution in [0.4, 0.5) is 4.39 Å². The Labute approximate surface area is 166 Å². The van der Waals surface area contributed by atoms with E-state index in [4.69, 9.17) is 0 Å². The van der Waals surface area contributed by atoms with E-state index in [1.54, 1.807) is 17.0 Å². The highest BCUT2D eigenvalue weighted by molar-refractivity contribution is 5.86. The Morgan fingerprint density at radius 2 is 1.93 bits per heavy atom. The molecule has 5 heteroatoms. The lowest BCUT2D eigenvalue weighted by Crippen LogP contribution is -2.57. The van der Waals surface area contributed by atoms with Crippen molar-refractivity contribution in [3.05, 3.63) is 70.5 Å². The average Bonchev–Trinajstić information content (AvgIpc) is 2.67. The highest BCUT2D eigenvalue weighted by Gasteiger charge is 2.41. The Balaban J connectivity index is 1.54. The number of halogens is 1. The maximum atomic E-state index is 13.1. The number of amides is 1. The Bertz CT molecular complexity index is 822. The Morgan fingerprint density at radius 3 is 2.68 bits per heavy atom. The summed E-state index contributed by atoms with van der Waals surface area (Å²) in [5.74, 6) is -0.541. The highest BCUT2D eigenvalue weighted by atomic mass is 19.1. The van der Waals surface area contributed by atoms with Gasteiger partial charge in [-0.25, -0.2) is 4.39 Å². The summed E-state index contributed by atoms with van der Waals surface area (Å²) >= 11 is 0. The monoisotopic (exact) mass is 384 g/mol. The van der Waals surface area contributed by atoms with Gasteiger partial charge in [-0.05, 0) is 68.5 Å². The molecule has 150 valence electrons. The maximum absolute atomic E-state index is 13.1. The number of hydrogen-bond donors (Lipinski definition) is 2. The molecular formula is C23H29FN2O2. The van der Waals surface area contributed by atoms with E-state index in [1.807, 2.05) is 0 Å². The van der Waals surface area contributed by atoms with Gasteiger partial charge in [-0.15, -0.1) is 0 Å². The SMILES string of the molecule is Cc1ccc(C)c(CCNC[C@]2(O)CCCN(Cc3ccc(F)cc3)C2=O)c1. The zero-order chi connectivity index (χ0) is 20.1. The third-order valence-electron chi connectivity index (χ3n) is 5.48. The number of nitrogens with one attached hydrogen (secondary N) is 1. The van der Waals surface area contributed by atoms with Crippen molar-refractivity contribution in [1.29, 1.82) is 0 Å². The second-order valence-electron chi connectivity index (χ2n) is 7.85. The first-order chi connectivity index (χ1) is 13.4. The van der Waals surface area contributed by atoms with Gasteiger partial charge in [0.1, 0.15) is 5.82 Å². The first-order valence-corrected chi connectivity index (χ1v) is 9.90. The molecule has 4 nitrogen and oxygen atoms in total. The first-order valence-electron chi connectivity index (χ1n) is 9.90. The van der Waals surface area contributed by atoms with Gasteiger partial charge in [-0.3, -0.25) is 4.79 Å². The van der Waals surface area contributed by atoms with E-state index in [0.29, 0.717) is 26.1 Å². The summed E-state index contributed by atoms with van der Waals surface area (Å²) in [6.07, 6.45) is 2.07. The van der Waals surface area contributed by atoms with Crippen LogP contribution in [0.5, 0.6) is 0 Å². The normalized spacial score (nSPS) is 19.9. The van der Waals surface area contributed by atoms with Crippen molar-refractivity contribution < 1.29 is 14.3 Å². The largest absolute Gasteiger partial charge is 0.379 e. The van der Waals surface area contributed by atoms with Crippen LogP contribution in [0, 0.1) is 19.7 Å². The highest BCUT2D eigenvalue weighted by Crippen LogP contribution is 2.24. The molecule has 0 bridgehead atoms. The Kier molecular flexibility index (Phi) is 6.47. The van der Waals surface area contributed by atoms with Crippen LogP contribution in [-0.2, 0) is 17.8 Å². The maximum Gasteiger partial charge on any atom is 0.256 e. The van der Waals surface area contributed by atoms with Crippen molar-refractivity contribution >= 4 is 5.91 Å². The molecule has 1 aliphatic rings. The van der Waals surface area contributed by atoms with E-state index < -0.39 is 5.60 Å². The number of aliphatic hydroxyl groups is 1. The second kappa shape index (κ2) is 8.84. The van der Waals surface area contributed by atoms with Gasteiger partial charge in [0.15, 0.2) is 5.60 Å². The van der Waals surface area contributed by atoms with Crippen LogP contribution < -0.4 is 5.32 Å². The number of benzene rings is 2. The molecule has 1 amide bonds. The van der Waals surface area contributed by atoms with E-state index in [1.165, 1.54) is 28.8 Å². The standard InChI is InChI=1S/C23H29FN2O2/c1-17-4-5-18(2)20(14-17)10-12-25-16-23(28)11-3-13-26(22(23)27)15-19-6-8-21(24)9-7-19/h4-9,14,25,28H,3,10-13,15-16H2,1-2H3/t23-/m1/s1. The average molecular weight is 384 g/mol. The van der Waals surface area contributed by atoms with Gasteiger partial charge in [0, 0.05) is 19.6 Å². The zero-order valence-electron chi connectivity index (χ0n) is 16.7. The molecule has 0 aromatic heterocycles. The van der Waals surface area contributed by atoms with Crippen molar-refractivity contribution in [3.8, 4) is 0 Å². The molecule has 2 aromatic carbocycles. The van der Waals surface area contributed by atoms with Crippen molar-refractivity contribution in [1.82, 2.24) is 10.2 Å². The third kappa shape index (κ3) is 4.97. The third-order valence-corrected chi connectivity index (χ3v) is 5.48. The predicted molar refractivity (Wildman–Crippen MR) is 108 cm³/mol. The fourth-order valence-electron chi connectivity index (χ4n) is 3.78. The quantitative estimate of drug-likeness (QED) is 0.721. The summed E-state index contributed by atoms with van der Waals surface area (Å²) in [6.45, 7) is 6.13. The smallest absolute Gasteiger partial charge is 0.256 e. The van der Waals surface area contributed by atoms with Gasteiger partial charge in [0.05, 0.1) is 0 Å². The summed E-state index contributed by atoms with van der Waals surface area (Å²) in [5, 5.41) is 14.2. The van der Waals surface area contributed by atoms with Crippen molar-refractivity contribution in [2.75, 3.05) is 19.6 Å². The van der Waals surface area contributed by atoms with Gasteiger partial charge >= 0.3 is 0 Å². The molecule has 0 unspecified atom stereocenters. The molecule has 1 aliphatic heterocycles. The van der Waals surface area contributed by atoms with E-state index >= 15 is 0 Å². The van der Waals surface area contributed by atoms with Crippen LogP contribution in [0.3, 0.4) is 0 Å². The van der Waals surface area contributed by atoms with Crippen LogP contribution >= 0.6 is 0 Å². The number of hydrogen-bond acceptors (Lipinski definition) is 3. The molecule has 1 saturated heterocycles. The number of carbonyl (C=O) groups excluding carboxylic acids is 1. The minimum Gasteiger partial charge on any atom is -0.379 e. The lowest BCUT2D eigenvalue weighted by Gasteiger charge is -2.38. The number of piperidine rings is 1. The number of carbonyl (C=O) groups is 1. The van der Waals surface area contributed by atoms with Crippen LogP contribution in [-0.4, -0.2) is 41.1 Å². The summed E-state index contributed by atoms with van der Waals surface area (Å²) in [4.78, 5) is 14.5. The number of nitrogens with zero attached hydrogens (tertiary/aromatic N) is 1. The minimum atomic E-state index is -1.38. The molecule has 28 heavy (non-hydrogen) atoms. The van der Waals surface area contributed by atoms with Gasteiger partial charge in [-0.1, -0.05) is 35.9 Å². The lowest BCUT2D eigenvalue weighted by atomic mass is 9.91. The molecule has 1 atom stereocenters. The molecule has 2 N–H and O–H groups in total. The Hall–Kier alpha value is -2.24. The Morgan fingerprint density at radius 1 is 1.18 bits per heavy atom. The first kappa shape index (κ1) is 20.5. The molecule has 0 spiro atoms. The summed E-state index contributed by atoms with van der Waals surface area (Å²) < 4.78 is 13.1. The van der Waals surface area contributed by atoms with Gasteiger partial charge in [-0.2, -0.15) is 0 Å². The molecule has 2 aromatic rings. The number of rotatable bonds is 7. The van der Waals surface area contributed by atoms with E-state index in [9.17, 15) is 14.3 Å². The molecule has 1 heterocycles. The second-order valence-corrected chi connectivity index (χ2v) is 7.85. The molecule has 0 radical (unpaired) electrons. The molecule has 1 fully saturated rings. The van der Waals surface area contributed by atoms with Crippen LogP contribution in [0.2, 0.25) is 0 Å². The number of likely N-dealkylation sites (tertiary alicyclic amines) is 1. The van der Waals surface area contributed by atoms with E-state index in [-0.39, 0.29) is 18.3 Å². The van der Waals surface area contributed by atoms with Crippen LogP contribution in [0.25, 0.3) is 0 Å². The molecule has 0 aliphatic carbocycles. The molecule has 3 rings (SSSR count). The summed E-state index contributed by atoms with van der Waals surface area (Å²) in [5.41, 5.74) is 3.26. The van der Waals surface area contributed by atoms with Crippen LogP contribution in [0.15, 0.2) is 42.5 Å². The molecule has 0 saturated carbocycles. The predicted octanol–water partition coefficient (Wildman–Crippen LogP) is 3.13. The minimum absolute atomic E-state index is 0.247. The molecular weight excluding hydrogens is 355 g/mol. The van der Waals surface area contributed by atoms with E-state index in [0.717, 1.165) is 18.4 Å². The van der Waals surface area contributed by atoms with Gasteiger partial charge < -0.3 is 15.3 Å². The van der Waals surface area contributed by atoms with E-state index in [2.05, 4.69) is 37.4 Å². The van der Waals surface area contributed by atoms with Crippen molar-refractivity contribution in [2.45, 2.75) is 45.3 Å². The van der Waals surface area contributed by atoms with Crippen molar-refractivity contribution in [3.63, 3.8) is 0 Å². The van der Waals surface area contributed by atoms with Gasteiger partial charge in [0.25, 0.3) is 5.91 Å². The summed E-state index contributed by atoms with van der Waals surface area (Å²) in [7, 11) is 0. The number of aryl methyl sites for hydroxylation is 2.